The van der Waals surface area contributed by atoms with E-state index < -0.39 is 11.6 Å². The Kier molecular flexibility index (Phi) is 7.23. The summed E-state index contributed by atoms with van der Waals surface area (Å²) < 4.78 is 32.9. The Bertz CT molecular complexity index is 1820. The number of anilines is 1. The molecule has 0 bridgehead atoms. The minimum Gasteiger partial charge on any atom is -0.355 e. The third kappa shape index (κ3) is 5.12. The van der Waals surface area contributed by atoms with Crippen molar-refractivity contribution in [2.45, 2.75) is 13.1 Å². The molecule has 7 nitrogen and oxygen atoms in total. The van der Waals surface area contributed by atoms with E-state index in [1.807, 2.05) is 60.7 Å². The molecule has 0 aliphatic rings. The molecule has 0 radical (unpaired) electrons. The fraction of sp³-hybridized carbons (Fsp3) is 0.121. The maximum absolute atomic E-state index is 15.6. The summed E-state index contributed by atoms with van der Waals surface area (Å²) in [5.41, 5.74) is 3.22. The molecule has 1 amide bonds. The SMILES string of the molecule is CNC(=O)c1cnc(N(Cc2ccccc2)Cc2ccccc2)c2[nH]c(-c3c(F)cc(-c4nccn4C)cc3F)cc12. The van der Waals surface area contributed by atoms with E-state index in [4.69, 9.17) is 4.98 Å². The van der Waals surface area contributed by atoms with Gasteiger partial charge in [0.05, 0.1) is 22.3 Å². The van der Waals surface area contributed by atoms with Crippen LogP contribution in [-0.2, 0) is 20.1 Å². The maximum Gasteiger partial charge on any atom is 0.253 e. The number of hydrogen-bond donors (Lipinski definition) is 2. The predicted molar refractivity (Wildman–Crippen MR) is 160 cm³/mol. The van der Waals surface area contributed by atoms with Crippen LogP contribution in [0.5, 0.6) is 0 Å². The Morgan fingerprint density at radius 1 is 0.929 bits per heavy atom. The average Bonchev–Trinajstić information content (AvgIpc) is 3.63. The van der Waals surface area contributed by atoms with E-state index in [0.717, 1.165) is 11.1 Å². The number of fused-ring (bicyclic) bond motifs is 1. The molecule has 3 aromatic heterocycles. The molecule has 6 rings (SSSR count). The Morgan fingerprint density at radius 2 is 1.55 bits per heavy atom. The second-order valence-corrected chi connectivity index (χ2v) is 10.1. The van der Waals surface area contributed by atoms with Crippen molar-refractivity contribution >= 4 is 22.6 Å². The van der Waals surface area contributed by atoms with Gasteiger partial charge in [-0.05, 0) is 29.3 Å². The van der Waals surface area contributed by atoms with Crippen LogP contribution in [0.25, 0.3) is 33.5 Å². The Morgan fingerprint density at radius 3 is 2.10 bits per heavy atom. The highest BCUT2D eigenvalue weighted by atomic mass is 19.1. The minimum atomic E-state index is -0.749. The molecule has 0 saturated heterocycles. The van der Waals surface area contributed by atoms with Gasteiger partial charge < -0.3 is 19.8 Å². The zero-order valence-electron chi connectivity index (χ0n) is 23.1. The van der Waals surface area contributed by atoms with Crippen molar-refractivity contribution in [3.05, 3.63) is 126 Å². The van der Waals surface area contributed by atoms with Gasteiger partial charge in [-0.2, -0.15) is 0 Å². The molecular weight excluding hydrogens is 534 g/mol. The maximum atomic E-state index is 15.6. The van der Waals surface area contributed by atoms with Gasteiger partial charge in [0.15, 0.2) is 5.82 Å². The van der Waals surface area contributed by atoms with E-state index in [1.54, 1.807) is 30.1 Å². The standard InChI is InChI=1S/C33H28F2N6O/c1-36-33(42)25-18-38-32(41(19-21-9-5-3-6-10-21)20-22-11-7-4-8-12-22)30-24(25)17-28(39-30)29-26(34)15-23(16-27(29)35)31-37-13-14-40(31)2/h3-18,39H,19-20H2,1-2H3,(H,36,42). The van der Waals surface area contributed by atoms with Gasteiger partial charge in [0.1, 0.15) is 17.5 Å². The summed E-state index contributed by atoms with van der Waals surface area (Å²) in [6.45, 7) is 1.04. The number of nitrogens with one attached hydrogen (secondary N) is 2. The van der Waals surface area contributed by atoms with Crippen molar-refractivity contribution in [1.29, 1.82) is 0 Å². The second kappa shape index (κ2) is 11.3. The van der Waals surface area contributed by atoms with Crippen molar-refractivity contribution in [2.24, 2.45) is 7.05 Å². The molecule has 9 heteroatoms. The van der Waals surface area contributed by atoms with Crippen LogP contribution >= 0.6 is 0 Å². The summed E-state index contributed by atoms with van der Waals surface area (Å²) in [4.78, 5) is 27.1. The topological polar surface area (TPSA) is 78.8 Å². The first-order chi connectivity index (χ1) is 20.4. The lowest BCUT2D eigenvalue weighted by atomic mass is 10.1. The third-order valence-corrected chi connectivity index (χ3v) is 7.24. The number of imidazole rings is 1. The van der Waals surface area contributed by atoms with Gasteiger partial charge in [-0.15, -0.1) is 0 Å². The highest BCUT2D eigenvalue weighted by Gasteiger charge is 2.23. The summed E-state index contributed by atoms with van der Waals surface area (Å²) >= 11 is 0. The lowest BCUT2D eigenvalue weighted by Gasteiger charge is -2.25. The molecule has 3 heterocycles. The number of carbonyl (C=O) groups is 1. The molecule has 42 heavy (non-hydrogen) atoms. The van der Waals surface area contributed by atoms with Gasteiger partial charge in [0.2, 0.25) is 0 Å². The molecule has 0 spiro atoms. The number of benzene rings is 3. The van der Waals surface area contributed by atoms with Gasteiger partial charge in [0, 0.05) is 56.7 Å². The fourth-order valence-electron chi connectivity index (χ4n) is 5.21. The number of aryl methyl sites for hydroxylation is 1. The highest BCUT2D eigenvalue weighted by molar-refractivity contribution is 6.09. The molecular formula is C33H28F2N6O. The number of pyridine rings is 1. The first-order valence-electron chi connectivity index (χ1n) is 13.5. The molecule has 0 aliphatic heterocycles. The largest absolute Gasteiger partial charge is 0.355 e. The van der Waals surface area contributed by atoms with Gasteiger partial charge in [-0.1, -0.05) is 60.7 Å². The van der Waals surface area contributed by atoms with E-state index >= 15 is 8.78 Å². The predicted octanol–water partition coefficient (Wildman–Crippen LogP) is 6.48. The Hall–Kier alpha value is -5.31. The van der Waals surface area contributed by atoms with E-state index in [1.165, 1.54) is 25.4 Å². The van der Waals surface area contributed by atoms with Gasteiger partial charge in [-0.25, -0.2) is 18.7 Å². The Balaban J connectivity index is 1.51. The summed E-state index contributed by atoms with van der Waals surface area (Å²) in [5.74, 6) is -0.848. The van der Waals surface area contributed by atoms with Crippen LogP contribution in [0, 0.1) is 11.6 Å². The van der Waals surface area contributed by atoms with Crippen LogP contribution < -0.4 is 10.2 Å². The summed E-state index contributed by atoms with van der Waals surface area (Å²) in [6.07, 6.45) is 4.79. The van der Waals surface area contributed by atoms with Crippen molar-refractivity contribution < 1.29 is 13.6 Å². The number of rotatable bonds is 8. The first-order valence-corrected chi connectivity index (χ1v) is 13.5. The molecule has 0 saturated carbocycles. The highest BCUT2D eigenvalue weighted by Crippen LogP contribution is 2.36. The summed E-state index contributed by atoms with van der Waals surface area (Å²) in [7, 11) is 3.29. The number of amides is 1. The molecule has 0 atom stereocenters. The first kappa shape index (κ1) is 26.9. The lowest BCUT2D eigenvalue weighted by molar-refractivity contribution is 0.0964. The third-order valence-electron chi connectivity index (χ3n) is 7.24. The molecule has 210 valence electrons. The number of aromatic nitrogens is 4. The molecule has 0 fully saturated rings. The monoisotopic (exact) mass is 562 g/mol. The van der Waals surface area contributed by atoms with Crippen LogP contribution in [0.15, 0.2) is 97.5 Å². The van der Waals surface area contributed by atoms with Crippen LogP contribution in [-0.4, -0.2) is 32.5 Å². The van der Waals surface area contributed by atoms with Crippen LogP contribution in [0.1, 0.15) is 21.5 Å². The molecule has 6 aromatic rings. The van der Waals surface area contributed by atoms with Gasteiger partial charge in [-0.3, -0.25) is 4.79 Å². The lowest BCUT2D eigenvalue weighted by Crippen LogP contribution is -2.24. The molecule has 0 aliphatic carbocycles. The minimum absolute atomic E-state index is 0.199. The van der Waals surface area contributed by atoms with E-state index in [0.29, 0.717) is 46.8 Å². The number of halogens is 2. The molecule has 0 unspecified atom stereocenters. The number of nitrogens with zero attached hydrogens (tertiary/aromatic N) is 4. The quantitative estimate of drug-likeness (QED) is 0.223. The van der Waals surface area contributed by atoms with Crippen LogP contribution in [0.4, 0.5) is 14.6 Å². The van der Waals surface area contributed by atoms with Crippen molar-refractivity contribution in [3.8, 4) is 22.6 Å². The van der Waals surface area contributed by atoms with Crippen molar-refractivity contribution in [3.63, 3.8) is 0 Å². The number of aromatic amines is 1. The number of hydrogen-bond acceptors (Lipinski definition) is 4. The number of H-pyrrole nitrogens is 1. The second-order valence-electron chi connectivity index (χ2n) is 10.1. The Labute approximate surface area is 241 Å². The molecule has 2 N–H and O–H groups in total. The summed E-state index contributed by atoms with van der Waals surface area (Å²) in [6, 6.07) is 24.1. The molecule has 3 aromatic carbocycles. The van der Waals surface area contributed by atoms with E-state index in [2.05, 4.69) is 20.2 Å². The van der Waals surface area contributed by atoms with Crippen molar-refractivity contribution in [2.75, 3.05) is 11.9 Å². The zero-order chi connectivity index (χ0) is 29.2. The van der Waals surface area contributed by atoms with Gasteiger partial charge in [0.25, 0.3) is 5.91 Å². The fourth-order valence-corrected chi connectivity index (χ4v) is 5.21. The van der Waals surface area contributed by atoms with Crippen molar-refractivity contribution in [1.82, 2.24) is 24.8 Å². The number of carbonyl (C=O) groups excluding carboxylic acids is 1. The average molecular weight is 563 g/mol. The smallest absolute Gasteiger partial charge is 0.253 e. The normalized spacial score (nSPS) is 11.1. The van der Waals surface area contributed by atoms with E-state index in [-0.39, 0.29) is 17.2 Å². The zero-order valence-corrected chi connectivity index (χ0v) is 23.1. The van der Waals surface area contributed by atoms with Crippen LogP contribution in [0.2, 0.25) is 0 Å². The van der Waals surface area contributed by atoms with Crippen LogP contribution in [0.3, 0.4) is 0 Å². The van der Waals surface area contributed by atoms with Gasteiger partial charge >= 0.3 is 0 Å². The summed E-state index contributed by atoms with van der Waals surface area (Å²) in [5, 5.41) is 3.14. The van der Waals surface area contributed by atoms with E-state index in [9.17, 15) is 4.79 Å².